The number of aromatic nitrogens is 4. The minimum atomic E-state index is -0.498. The summed E-state index contributed by atoms with van der Waals surface area (Å²) in [6.45, 7) is 0.779. The first-order valence-corrected chi connectivity index (χ1v) is 12.0. The molecule has 3 aromatic heterocycles. The summed E-state index contributed by atoms with van der Waals surface area (Å²) in [7, 11) is 0. The summed E-state index contributed by atoms with van der Waals surface area (Å²) in [4.78, 5) is 26.3. The molecule has 3 N–H and O–H groups in total. The maximum Gasteiger partial charge on any atom is 0.295 e. The number of fused-ring (bicyclic) bond motifs is 1. The summed E-state index contributed by atoms with van der Waals surface area (Å²) in [5.74, 6) is 1.23. The minimum Gasteiger partial charge on any atom is -0.390 e. The van der Waals surface area contributed by atoms with Gasteiger partial charge in [0.15, 0.2) is 0 Å². The van der Waals surface area contributed by atoms with Crippen LogP contribution < -0.4 is 5.32 Å². The number of pyridine rings is 1. The van der Waals surface area contributed by atoms with E-state index in [4.69, 9.17) is 9.78 Å². The van der Waals surface area contributed by atoms with E-state index in [-0.39, 0.29) is 29.6 Å². The number of aromatic amines is 1. The Morgan fingerprint density at radius 1 is 1.29 bits per heavy atom. The number of likely N-dealkylation sites (tertiary alicyclic amines) is 1. The van der Waals surface area contributed by atoms with Crippen LogP contribution in [0.3, 0.4) is 0 Å². The number of carbonyl (C=O) groups is 1. The van der Waals surface area contributed by atoms with Gasteiger partial charge in [0, 0.05) is 36.9 Å². The quantitative estimate of drug-likeness (QED) is 0.540. The first kappa shape index (κ1) is 20.0. The molecule has 4 aliphatic carbocycles. The lowest BCUT2D eigenvalue weighted by atomic mass is 9.52. The van der Waals surface area contributed by atoms with E-state index < -0.39 is 5.60 Å². The first-order valence-electron chi connectivity index (χ1n) is 12.0. The largest absolute Gasteiger partial charge is 0.390 e. The molecule has 4 bridgehead atoms. The summed E-state index contributed by atoms with van der Waals surface area (Å²) in [6, 6.07) is 4.39. The van der Waals surface area contributed by atoms with Gasteiger partial charge in [0.25, 0.3) is 17.6 Å². The van der Waals surface area contributed by atoms with Gasteiger partial charge in [0.1, 0.15) is 5.65 Å². The molecule has 0 aromatic carbocycles. The highest BCUT2D eigenvalue weighted by atomic mass is 16.5. The van der Waals surface area contributed by atoms with Gasteiger partial charge in [-0.1, -0.05) is 5.16 Å². The van der Waals surface area contributed by atoms with Crippen molar-refractivity contribution in [2.24, 2.45) is 23.7 Å². The molecule has 2 atom stereocenters. The van der Waals surface area contributed by atoms with Crippen LogP contribution in [0.2, 0.25) is 0 Å². The molecule has 174 valence electrons. The minimum absolute atomic E-state index is 0.0108. The fraction of sp³-hybridized carbons (Fsp3) is 0.542. The van der Waals surface area contributed by atoms with Crippen molar-refractivity contribution in [1.82, 2.24) is 25.0 Å². The van der Waals surface area contributed by atoms with Gasteiger partial charge in [-0.25, -0.2) is 4.98 Å². The summed E-state index contributed by atoms with van der Waals surface area (Å²) < 4.78 is 5.53. The van der Waals surface area contributed by atoms with Gasteiger partial charge >= 0.3 is 0 Å². The van der Waals surface area contributed by atoms with E-state index in [0.717, 1.165) is 48.8 Å². The number of amides is 1. The van der Waals surface area contributed by atoms with Gasteiger partial charge in [-0.2, -0.15) is 10.2 Å². The lowest BCUT2D eigenvalue weighted by Gasteiger charge is -2.58. The van der Waals surface area contributed by atoms with Crippen molar-refractivity contribution in [3.63, 3.8) is 0 Å². The maximum atomic E-state index is 12.7. The Morgan fingerprint density at radius 3 is 2.82 bits per heavy atom. The standard InChI is InChI=1S/C24H25N7O3/c25-8-13-10-31(11-13)23(32)21-29-22(34-30-21)17-9-27-20-16(1-2-26-20)19(17)28-18-14-3-12-4-15(18)7-24(33,5-12)6-14/h1-2,9,12-15,18,33H,3-7,10-11H2,(H2,26,27,28). The van der Waals surface area contributed by atoms with Crippen LogP contribution in [0.5, 0.6) is 0 Å². The molecule has 5 aliphatic rings. The Balaban J connectivity index is 1.22. The van der Waals surface area contributed by atoms with Crippen molar-refractivity contribution in [3.8, 4) is 17.5 Å². The molecule has 1 amide bonds. The van der Waals surface area contributed by atoms with Gasteiger partial charge in [0.05, 0.1) is 28.8 Å². The number of carbonyl (C=O) groups excluding carboxylic acids is 1. The number of nitrogens with zero attached hydrogens (tertiary/aromatic N) is 5. The van der Waals surface area contributed by atoms with Crippen molar-refractivity contribution in [2.45, 2.75) is 43.7 Å². The third-order valence-corrected chi connectivity index (χ3v) is 8.34. The van der Waals surface area contributed by atoms with Crippen LogP contribution in [-0.2, 0) is 0 Å². The van der Waals surface area contributed by atoms with Gasteiger partial charge in [-0.15, -0.1) is 0 Å². The molecule has 10 nitrogen and oxygen atoms in total. The molecule has 8 rings (SSSR count). The van der Waals surface area contributed by atoms with Crippen LogP contribution in [0.4, 0.5) is 5.69 Å². The Bertz CT molecular complexity index is 1320. The predicted octanol–water partition coefficient (Wildman–Crippen LogP) is 2.56. The highest BCUT2D eigenvalue weighted by molar-refractivity contribution is 5.97. The normalized spacial score (nSPS) is 32.1. The van der Waals surface area contributed by atoms with E-state index in [0.29, 0.717) is 36.4 Å². The Morgan fingerprint density at radius 2 is 2.09 bits per heavy atom. The van der Waals surface area contributed by atoms with Crippen molar-refractivity contribution in [1.29, 1.82) is 5.26 Å². The number of nitriles is 1. The summed E-state index contributed by atoms with van der Waals surface area (Å²) in [5, 5.41) is 28.6. The Labute approximate surface area is 195 Å². The molecule has 4 heterocycles. The van der Waals surface area contributed by atoms with E-state index in [2.05, 4.69) is 31.5 Å². The molecular formula is C24H25N7O3. The van der Waals surface area contributed by atoms with Gasteiger partial charge in [0.2, 0.25) is 0 Å². The molecule has 0 spiro atoms. The number of hydrogen-bond acceptors (Lipinski definition) is 8. The summed E-state index contributed by atoms with van der Waals surface area (Å²) in [6.07, 6.45) is 8.46. The number of anilines is 1. The number of nitrogens with one attached hydrogen (secondary N) is 2. The van der Waals surface area contributed by atoms with Crippen LogP contribution in [0.1, 0.15) is 42.7 Å². The van der Waals surface area contributed by atoms with Crippen LogP contribution in [0.25, 0.3) is 22.5 Å². The molecule has 0 radical (unpaired) electrons. The fourth-order valence-electron chi connectivity index (χ4n) is 7.00. The molecule has 10 heteroatoms. The third kappa shape index (κ3) is 2.96. The third-order valence-electron chi connectivity index (χ3n) is 8.34. The molecule has 1 aliphatic heterocycles. The fourth-order valence-corrected chi connectivity index (χ4v) is 7.00. The van der Waals surface area contributed by atoms with Gasteiger partial charge < -0.3 is 24.8 Å². The van der Waals surface area contributed by atoms with Crippen molar-refractivity contribution in [3.05, 3.63) is 24.3 Å². The van der Waals surface area contributed by atoms with Crippen molar-refractivity contribution < 1.29 is 14.4 Å². The van der Waals surface area contributed by atoms with E-state index in [1.54, 1.807) is 11.1 Å². The van der Waals surface area contributed by atoms with Crippen LogP contribution in [0.15, 0.2) is 23.0 Å². The molecule has 34 heavy (non-hydrogen) atoms. The Kier molecular flexibility index (Phi) is 4.13. The summed E-state index contributed by atoms with van der Waals surface area (Å²) in [5.41, 5.74) is 1.78. The van der Waals surface area contributed by atoms with Gasteiger partial charge in [-0.3, -0.25) is 4.79 Å². The average Bonchev–Trinajstić information content (AvgIpc) is 3.44. The van der Waals surface area contributed by atoms with Crippen molar-refractivity contribution in [2.75, 3.05) is 18.4 Å². The molecule has 2 unspecified atom stereocenters. The maximum absolute atomic E-state index is 12.7. The van der Waals surface area contributed by atoms with Crippen LogP contribution >= 0.6 is 0 Å². The van der Waals surface area contributed by atoms with Crippen LogP contribution in [0, 0.1) is 35.0 Å². The lowest BCUT2D eigenvalue weighted by Crippen LogP contribution is -2.59. The first-order chi connectivity index (χ1) is 16.5. The SMILES string of the molecule is N#CC1CN(C(=O)c2noc(-c3cnc4[nH]ccc4c3NC3C4CC5CC3CC(O)(C5)C4)n2)C1. The van der Waals surface area contributed by atoms with E-state index in [9.17, 15) is 9.90 Å². The van der Waals surface area contributed by atoms with E-state index in [1.165, 1.54) is 0 Å². The predicted molar refractivity (Wildman–Crippen MR) is 120 cm³/mol. The number of aliphatic hydroxyl groups is 1. The average molecular weight is 460 g/mol. The summed E-state index contributed by atoms with van der Waals surface area (Å²) >= 11 is 0. The molecular weight excluding hydrogens is 434 g/mol. The lowest BCUT2D eigenvalue weighted by molar-refractivity contribution is -0.129. The zero-order valence-electron chi connectivity index (χ0n) is 18.6. The molecule has 4 saturated carbocycles. The smallest absolute Gasteiger partial charge is 0.295 e. The Hall–Kier alpha value is -3.45. The van der Waals surface area contributed by atoms with Crippen LogP contribution in [-0.4, -0.2) is 60.8 Å². The zero-order chi connectivity index (χ0) is 23.0. The highest BCUT2D eigenvalue weighted by Gasteiger charge is 2.54. The number of H-pyrrole nitrogens is 1. The van der Waals surface area contributed by atoms with E-state index in [1.807, 2.05) is 12.3 Å². The molecule has 5 fully saturated rings. The number of hydrogen-bond donors (Lipinski definition) is 3. The molecule has 3 aromatic rings. The zero-order valence-corrected chi connectivity index (χ0v) is 18.6. The van der Waals surface area contributed by atoms with Gasteiger partial charge in [-0.05, 0) is 55.9 Å². The molecule has 1 saturated heterocycles. The number of rotatable bonds is 4. The van der Waals surface area contributed by atoms with Crippen molar-refractivity contribution >= 4 is 22.6 Å². The topological polar surface area (TPSA) is 144 Å². The second-order valence-corrected chi connectivity index (χ2v) is 10.6. The monoisotopic (exact) mass is 459 g/mol. The second kappa shape index (κ2) is 7.03. The van der Waals surface area contributed by atoms with E-state index >= 15 is 0 Å². The highest BCUT2D eigenvalue weighted by Crippen LogP contribution is 2.56. The second-order valence-electron chi connectivity index (χ2n) is 10.6.